The van der Waals surface area contributed by atoms with E-state index >= 15 is 0 Å². The third-order valence-electron chi connectivity index (χ3n) is 5.22. The van der Waals surface area contributed by atoms with E-state index in [1.807, 2.05) is 29.1 Å². The lowest BCUT2D eigenvalue weighted by Crippen LogP contribution is -2.45. The van der Waals surface area contributed by atoms with Crippen LogP contribution in [-0.2, 0) is 11.3 Å². The van der Waals surface area contributed by atoms with Crippen molar-refractivity contribution in [3.63, 3.8) is 0 Å². The maximum absolute atomic E-state index is 12.9. The van der Waals surface area contributed by atoms with Crippen LogP contribution in [0.1, 0.15) is 37.3 Å². The predicted octanol–water partition coefficient (Wildman–Crippen LogP) is 2.01. The van der Waals surface area contributed by atoms with Crippen LogP contribution in [0.15, 0.2) is 42.7 Å². The Bertz CT molecular complexity index is 675. The second kappa shape index (κ2) is 7.35. The summed E-state index contributed by atoms with van der Waals surface area (Å²) in [4.78, 5) is 15.2. The molecule has 25 heavy (non-hydrogen) atoms. The van der Waals surface area contributed by atoms with Crippen molar-refractivity contribution in [2.45, 2.75) is 44.3 Å². The van der Waals surface area contributed by atoms with Crippen LogP contribution in [0.5, 0.6) is 0 Å². The molecule has 1 aliphatic heterocycles. The number of amides is 1. The van der Waals surface area contributed by atoms with Crippen LogP contribution < -0.4 is 5.32 Å². The monoisotopic (exact) mass is 339 g/mol. The van der Waals surface area contributed by atoms with Crippen LogP contribution in [0.3, 0.4) is 0 Å². The number of hydrogen-bond donors (Lipinski definition) is 1. The molecule has 2 fully saturated rings. The van der Waals surface area contributed by atoms with E-state index in [2.05, 4.69) is 32.7 Å². The third-order valence-corrected chi connectivity index (χ3v) is 5.22. The van der Waals surface area contributed by atoms with E-state index in [0.717, 1.165) is 50.9 Å². The van der Waals surface area contributed by atoms with Crippen LogP contribution in [0.4, 0.5) is 0 Å². The Labute approximate surface area is 148 Å². The fraction of sp³-hybridized carbons (Fsp3) is 0.526. The molecule has 1 amide bonds. The quantitative estimate of drug-likeness (QED) is 0.874. The van der Waals surface area contributed by atoms with Crippen LogP contribution in [0.25, 0.3) is 0 Å². The molecule has 1 aromatic heterocycles. The first-order valence-corrected chi connectivity index (χ1v) is 9.23. The third kappa shape index (κ3) is 4.07. The molecule has 1 N–H and O–H groups in total. The highest BCUT2D eigenvalue weighted by molar-refractivity contribution is 5.83. The Morgan fingerprint density at radius 2 is 1.92 bits per heavy atom. The second-order valence-electron chi connectivity index (χ2n) is 7.20. The minimum atomic E-state index is -0.172. The summed E-state index contributed by atoms with van der Waals surface area (Å²) in [5.74, 6) is 0.754. The number of hydrogen-bond acceptors (Lipinski definition) is 4. The number of carbonyl (C=O) groups excluding carboxylic acids is 1. The van der Waals surface area contributed by atoms with Gasteiger partial charge in [0, 0.05) is 18.8 Å². The van der Waals surface area contributed by atoms with Crippen molar-refractivity contribution in [2.75, 3.05) is 13.1 Å². The molecule has 2 heterocycles. The van der Waals surface area contributed by atoms with E-state index in [4.69, 9.17) is 0 Å². The smallest absolute Gasteiger partial charge is 0.242 e. The van der Waals surface area contributed by atoms with E-state index in [0.29, 0.717) is 12.0 Å². The van der Waals surface area contributed by atoms with Gasteiger partial charge in [-0.1, -0.05) is 35.5 Å². The van der Waals surface area contributed by atoms with E-state index < -0.39 is 0 Å². The van der Waals surface area contributed by atoms with Gasteiger partial charge in [0.2, 0.25) is 5.91 Å². The molecule has 0 spiro atoms. The number of nitrogens with one attached hydrogen (secondary N) is 1. The van der Waals surface area contributed by atoms with Crippen molar-refractivity contribution in [3.05, 3.63) is 48.3 Å². The fourth-order valence-electron chi connectivity index (χ4n) is 3.66. The first-order chi connectivity index (χ1) is 12.3. The van der Waals surface area contributed by atoms with Gasteiger partial charge < -0.3 is 5.32 Å². The highest BCUT2D eigenvalue weighted by Crippen LogP contribution is 2.29. The number of benzene rings is 1. The molecule has 1 aliphatic carbocycles. The Hall–Kier alpha value is -2.21. The molecule has 1 atom stereocenters. The summed E-state index contributed by atoms with van der Waals surface area (Å²) in [6.07, 6.45) is 8.05. The lowest BCUT2D eigenvalue weighted by molar-refractivity contribution is -0.127. The lowest BCUT2D eigenvalue weighted by Gasteiger charge is -2.37. The summed E-state index contributed by atoms with van der Waals surface area (Å²) >= 11 is 0. The molecule has 0 radical (unpaired) electrons. The Kier molecular flexibility index (Phi) is 4.78. The summed E-state index contributed by atoms with van der Waals surface area (Å²) in [6, 6.07) is 10.4. The summed E-state index contributed by atoms with van der Waals surface area (Å²) in [7, 11) is 0. The van der Waals surface area contributed by atoms with E-state index in [1.165, 1.54) is 0 Å². The predicted molar refractivity (Wildman–Crippen MR) is 94.7 cm³/mol. The molecule has 2 aliphatic rings. The van der Waals surface area contributed by atoms with Gasteiger partial charge in [0.1, 0.15) is 6.04 Å². The maximum Gasteiger partial charge on any atom is 0.242 e. The van der Waals surface area contributed by atoms with Gasteiger partial charge in [0.05, 0.1) is 6.20 Å². The zero-order valence-corrected chi connectivity index (χ0v) is 14.4. The summed E-state index contributed by atoms with van der Waals surface area (Å²) in [5.41, 5.74) is 1.09. The van der Waals surface area contributed by atoms with Crippen molar-refractivity contribution in [1.29, 1.82) is 0 Å². The topological polar surface area (TPSA) is 63.1 Å². The average Bonchev–Trinajstić information content (AvgIpc) is 3.30. The standard InChI is InChI=1S/C19H25N5O/c25-19(21-17-6-7-17)18(16-4-2-1-3-5-16)23-11-8-15(9-12-23)14-24-13-10-20-22-24/h1-5,10,13,15,17-18H,6-9,11-12,14H2,(H,21,25). The minimum absolute atomic E-state index is 0.156. The lowest BCUT2D eigenvalue weighted by atomic mass is 9.94. The van der Waals surface area contributed by atoms with Crippen LogP contribution in [0, 0.1) is 5.92 Å². The molecule has 1 saturated heterocycles. The van der Waals surface area contributed by atoms with Crippen molar-refractivity contribution in [2.24, 2.45) is 5.92 Å². The number of likely N-dealkylation sites (tertiary alicyclic amines) is 1. The molecular formula is C19H25N5O. The number of rotatable bonds is 6. The first-order valence-electron chi connectivity index (χ1n) is 9.23. The number of aromatic nitrogens is 3. The second-order valence-corrected chi connectivity index (χ2v) is 7.20. The number of nitrogens with zero attached hydrogens (tertiary/aromatic N) is 4. The number of piperidine rings is 1. The highest BCUT2D eigenvalue weighted by Gasteiger charge is 2.34. The van der Waals surface area contributed by atoms with E-state index in [1.54, 1.807) is 6.20 Å². The van der Waals surface area contributed by atoms with Crippen molar-refractivity contribution < 1.29 is 4.79 Å². The van der Waals surface area contributed by atoms with E-state index in [9.17, 15) is 4.79 Å². The largest absolute Gasteiger partial charge is 0.352 e. The Balaban J connectivity index is 1.42. The van der Waals surface area contributed by atoms with Crippen molar-refractivity contribution in [1.82, 2.24) is 25.2 Å². The van der Waals surface area contributed by atoms with Gasteiger partial charge >= 0.3 is 0 Å². The fourth-order valence-corrected chi connectivity index (χ4v) is 3.66. The first kappa shape index (κ1) is 16.3. The maximum atomic E-state index is 12.9. The SMILES string of the molecule is O=C(NC1CC1)C(c1ccccc1)N1CCC(Cn2ccnn2)CC1. The number of carbonyl (C=O) groups is 1. The van der Waals surface area contributed by atoms with Crippen LogP contribution >= 0.6 is 0 Å². The van der Waals surface area contributed by atoms with Crippen molar-refractivity contribution >= 4 is 5.91 Å². The molecular weight excluding hydrogens is 314 g/mol. The van der Waals surface area contributed by atoms with Crippen LogP contribution in [-0.4, -0.2) is 44.9 Å². The van der Waals surface area contributed by atoms with Crippen LogP contribution in [0.2, 0.25) is 0 Å². The summed E-state index contributed by atoms with van der Waals surface area (Å²) < 4.78 is 1.91. The molecule has 4 rings (SSSR count). The molecule has 1 saturated carbocycles. The molecule has 6 nitrogen and oxygen atoms in total. The van der Waals surface area contributed by atoms with Gasteiger partial charge in [-0.05, 0) is 50.3 Å². The van der Waals surface area contributed by atoms with Gasteiger partial charge in [-0.25, -0.2) is 0 Å². The van der Waals surface area contributed by atoms with Gasteiger partial charge in [0.25, 0.3) is 0 Å². The Morgan fingerprint density at radius 3 is 2.56 bits per heavy atom. The molecule has 1 aromatic carbocycles. The zero-order chi connectivity index (χ0) is 17.1. The highest BCUT2D eigenvalue weighted by atomic mass is 16.2. The Morgan fingerprint density at radius 1 is 1.16 bits per heavy atom. The van der Waals surface area contributed by atoms with E-state index in [-0.39, 0.29) is 11.9 Å². The summed E-state index contributed by atoms with van der Waals surface area (Å²) in [6.45, 7) is 2.80. The molecule has 6 heteroatoms. The van der Waals surface area contributed by atoms with Gasteiger partial charge in [-0.2, -0.15) is 0 Å². The molecule has 132 valence electrons. The van der Waals surface area contributed by atoms with Crippen molar-refractivity contribution in [3.8, 4) is 0 Å². The molecule has 0 bridgehead atoms. The van der Waals surface area contributed by atoms with Gasteiger partial charge in [0.15, 0.2) is 0 Å². The minimum Gasteiger partial charge on any atom is -0.352 e. The molecule has 1 unspecified atom stereocenters. The van der Waals surface area contributed by atoms with Gasteiger partial charge in [-0.3, -0.25) is 14.4 Å². The van der Waals surface area contributed by atoms with Gasteiger partial charge in [-0.15, -0.1) is 5.10 Å². The molecule has 2 aromatic rings. The zero-order valence-electron chi connectivity index (χ0n) is 14.4. The average molecular weight is 339 g/mol. The normalized spacial score (nSPS) is 20.3. The summed E-state index contributed by atoms with van der Waals surface area (Å²) in [5, 5.41) is 11.1.